The highest BCUT2D eigenvalue weighted by molar-refractivity contribution is 9.09. The van der Waals surface area contributed by atoms with Gasteiger partial charge in [0.15, 0.2) is 6.04 Å². The van der Waals surface area contributed by atoms with Crippen molar-refractivity contribution in [3.63, 3.8) is 0 Å². The van der Waals surface area contributed by atoms with Crippen LogP contribution in [-0.4, -0.2) is 23.3 Å². The molecule has 0 heterocycles. The molecule has 1 unspecified atom stereocenters. The first-order chi connectivity index (χ1) is 10.7. The summed E-state index contributed by atoms with van der Waals surface area (Å²) in [5, 5.41) is 3.57. The third-order valence-electron chi connectivity index (χ3n) is 3.80. The fourth-order valence-electron chi connectivity index (χ4n) is 2.62. The standard InChI is InChI=1S/C17H22BrNO3/c18-12-6-11-15(20)19-16(13-7-2-1-3-8-13)17(21)22-14-9-4-5-10-14/h1-3,7-8,14,16H,4-6,9-12H2,(H,19,20). The van der Waals surface area contributed by atoms with E-state index in [9.17, 15) is 9.59 Å². The maximum absolute atomic E-state index is 12.5. The molecule has 22 heavy (non-hydrogen) atoms. The summed E-state index contributed by atoms with van der Waals surface area (Å²) in [4.78, 5) is 24.5. The molecule has 1 aromatic rings. The SMILES string of the molecule is O=C(CCCBr)NC(C(=O)OC1CCCC1)c1ccccc1. The molecule has 1 aliphatic rings. The minimum atomic E-state index is -0.718. The Kier molecular flexibility index (Phi) is 6.90. The molecule has 0 radical (unpaired) electrons. The Morgan fingerprint density at radius 2 is 1.91 bits per heavy atom. The van der Waals surface area contributed by atoms with E-state index in [-0.39, 0.29) is 18.0 Å². The topological polar surface area (TPSA) is 55.4 Å². The molecule has 1 fully saturated rings. The quantitative estimate of drug-likeness (QED) is 0.592. The lowest BCUT2D eigenvalue weighted by molar-refractivity contribution is -0.153. The van der Waals surface area contributed by atoms with E-state index < -0.39 is 6.04 Å². The van der Waals surface area contributed by atoms with Crippen LogP contribution in [0, 0.1) is 0 Å². The number of alkyl halides is 1. The van der Waals surface area contributed by atoms with Crippen LogP contribution in [0.5, 0.6) is 0 Å². The molecule has 1 aromatic carbocycles. The maximum atomic E-state index is 12.5. The number of esters is 1. The summed E-state index contributed by atoms with van der Waals surface area (Å²) >= 11 is 3.30. The lowest BCUT2D eigenvalue weighted by Crippen LogP contribution is -2.36. The molecule has 0 saturated heterocycles. The van der Waals surface area contributed by atoms with Gasteiger partial charge in [0.25, 0.3) is 0 Å². The number of benzene rings is 1. The zero-order valence-corrected chi connectivity index (χ0v) is 14.2. The van der Waals surface area contributed by atoms with Gasteiger partial charge in [-0.05, 0) is 37.7 Å². The summed E-state index contributed by atoms with van der Waals surface area (Å²) in [5.41, 5.74) is 0.762. The lowest BCUT2D eigenvalue weighted by Gasteiger charge is -2.20. The smallest absolute Gasteiger partial charge is 0.333 e. The monoisotopic (exact) mass is 367 g/mol. The van der Waals surface area contributed by atoms with E-state index in [1.807, 2.05) is 30.3 Å². The Hall–Kier alpha value is -1.36. The van der Waals surface area contributed by atoms with Crippen LogP contribution in [0.15, 0.2) is 30.3 Å². The molecule has 2 rings (SSSR count). The van der Waals surface area contributed by atoms with E-state index in [2.05, 4.69) is 21.2 Å². The summed E-state index contributed by atoms with van der Waals surface area (Å²) in [6.07, 6.45) is 5.18. The molecular weight excluding hydrogens is 346 g/mol. The zero-order chi connectivity index (χ0) is 15.8. The molecule has 1 atom stereocenters. The van der Waals surface area contributed by atoms with Crippen LogP contribution < -0.4 is 5.32 Å². The highest BCUT2D eigenvalue weighted by Crippen LogP contribution is 2.24. The normalized spacial score (nSPS) is 16.2. The lowest BCUT2D eigenvalue weighted by atomic mass is 10.1. The Balaban J connectivity index is 2.03. The number of rotatable bonds is 7. The largest absolute Gasteiger partial charge is 0.461 e. The predicted octanol–water partition coefficient (Wildman–Crippen LogP) is 3.50. The maximum Gasteiger partial charge on any atom is 0.333 e. The second-order valence-corrected chi connectivity index (χ2v) is 6.34. The van der Waals surface area contributed by atoms with Crippen molar-refractivity contribution in [2.75, 3.05) is 5.33 Å². The highest BCUT2D eigenvalue weighted by Gasteiger charge is 2.27. The molecular formula is C17H22BrNO3. The Morgan fingerprint density at radius 1 is 1.23 bits per heavy atom. The van der Waals surface area contributed by atoms with Gasteiger partial charge in [0.1, 0.15) is 6.10 Å². The molecule has 4 nitrogen and oxygen atoms in total. The van der Waals surface area contributed by atoms with E-state index in [1.54, 1.807) is 0 Å². The minimum Gasteiger partial charge on any atom is -0.461 e. The van der Waals surface area contributed by atoms with Crippen LogP contribution >= 0.6 is 15.9 Å². The van der Waals surface area contributed by atoms with Crippen molar-refractivity contribution >= 4 is 27.8 Å². The van der Waals surface area contributed by atoms with Crippen LogP contribution in [0.3, 0.4) is 0 Å². The number of ether oxygens (including phenoxy) is 1. The molecule has 0 bridgehead atoms. The Morgan fingerprint density at radius 3 is 2.55 bits per heavy atom. The van der Waals surface area contributed by atoms with Crippen molar-refractivity contribution in [3.8, 4) is 0 Å². The van der Waals surface area contributed by atoms with Gasteiger partial charge in [-0.15, -0.1) is 0 Å². The molecule has 1 aliphatic carbocycles. The fourth-order valence-corrected chi connectivity index (χ4v) is 2.90. The first-order valence-corrected chi connectivity index (χ1v) is 8.93. The molecule has 1 N–H and O–H groups in total. The second-order valence-electron chi connectivity index (χ2n) is 5.55. The molecule has 0 spiro atoms. The van der Waals surface area contributed by atoms with Crippen LogP contribution in [-0.2, 0) is 14.3 Å². The van der Waals surface area contributed by atoms with Crippen LogP contribution in [0.4, 0.5) is 0 Å². The third-order valence-corrected chi connectivity index (χ3v) is 4.36. The van der Waals surface area contributed by atoms with Gasteiger partial charge in [-0.3, -0.25) is 4.79 Å². The van der Waals surface area contributed by atoms with E-state index in [4.69, 9.17) is 4.74 Å². The van der Waals surface area contributed by atoms with Crippen LogP contribution in [0.25, 0.3) is 0 Å². The van der Waals surface area contributed by atoms with Crippen LogP contribution in [0.2, 0.25) is 0 Å². The Labute approximate surface area is 139 Å². The highest BCUT2D eigenvalue weighted by atomic mass is 79.9. The number of carbonyl (C=O) groups excluding carboxylic acids is 2. The van der Waals surface area contributed by atoms with Gasteiger partial charge in [0, 0.05) is 11.8 Å². The van der Waals surface area contributed by atoms with E-state index in [0.717, 1.165) is 43.0 Å². The van der Waals surface area contributed by atoms with Gasteiger partial charge in [-0.2, -0.15) is 0 Å². The van der Waals surface area contributed by atoms with Gasteiger partial charge in [-0.1, -0.05) is 46.3 Å². The zero-order valence-electron chi connectivity index (χ0n) is 12.6. The van der Waals surface area contributed by atoms with Crippen molar-refractivity contribution in [2.24, 2.45) is 0 Å². The first kappa shape index (κ1) is 17.0. The van der Waals surface area contributed by atoms with Crippen LogP contribution in [0.1, 0.15) is 50.1 Å². The molecule has 0 aromatic heterocycles. The summed E-state index contributed by atoms with van der Waals surface area (Å²) in [6, 6.07) is 8.56. The third kappa shape index (κ3) is 5.13. The number of carbonyl (C=O) groups is 2. The second kappa shape index (κ2) is 8.93. The summed E-state index contributed by atoms with van der Waals surface area (Å²) in [5.74, 6) is -0.484. The molecule has 0 aliphatic heterocycles. The average Bonchev–Trinajstić information content (AvgIpc) is 3.04. The molecule has 5 heteroatoms. The minimum absolute atomic E-state index is 0.00171. The van der Waals surface area contributed by atoms with Gasteiger partial charge >= 0.3 is 5.97 Å². The van der Waals surface area contributed by atoms with Crippen molar-refractivity contribution in [1.82, 2.24) is 5.32 Å². The fraction of sp³-hybridized carbons (Fsp3) is 0.529. The van der Waals surface area contributed by atoms with Gasteiger partial charge in [0.05, 0.1) is 0 Å². The number of halogens is 1. The van der Waals surface area contributed by atoms with E-state index >= 15 is 0 Å². The average molecular weight is 368 g/mol. The summed E-state index contributed by atoms with van der Waals surface area (Å²) < 4.78 is 5.57. The van der Waals surface area contributed by atoms with E-state index in [0.29, 0.717) is 6.42 Å². The first-order valence-electron chi connectivity index (χ1n) is 7.81. The molecule has 1 saturated carbocycles. The molecule has 120 valence electrons. The van der Waals surface area contributed by atoms with Crippen molar-refractivity contribution in [1.29, 1.82) is 0 Å². The number of hydrogen-bond acceptors (Lipinski definition) is 3. The van der Waals surface area contributed by atoms with Gasteiger partial charge in [-0.25, -0.2) is 4.79 Å². The number of nitrogens with one attached hydrogen (secondary N) is 1. The van der Waals surface area contributed by atoms with Gasteiger partial charge in [0.2, 0.25) is 5.91 Å². The molecule has 1 amide bonds. The number of amides is 1. The van der Waals surface area contributed by atoms with Crippen molar-refractivity contribution < 1.29 is 14.3 Å². The predicted molar refractivity (Wildman–Crippen MR) is 88.7 cm³/mol. The number of hydrogen-bond donors (Lipinski definition) is 1. The Bertz CT molecular complexity index is 486. The van der Waals surface area contributed by atoms with Crippen molar-refractivity contribution in [3.05, 3.63) is 35.9 Å². The summed E-state index contributed by atoms with van der Waals surface area (Å²) in [7, 11) is 0. The summed E-state index contributed by atoms with van der Waals surface area (Å²) in [6.45, 7) is 0. The van der Waals surface area contributed by atoms with Gasteiger partial charge < -0.3 is 10.1 Å². The van der Waals surface area contributed by atoms with E-state index in [1.165, 1.54) is 0 Å². The van der Waals surface area contributed by atoms with Crippen molar-refractivity contribution in [2.45, 2.75) is 50.7 Å².